The van der Waals surface area contributed by atoms with E-state index in [4.69, 9.17) is 0 Å². The molecule has 116 valence electrons. The first-order valence-electron chi connectivity index (χ1n) is 7.71. The van der Waals surface area contributed by atoms with Crippen molar-refractivity contribution in [2.24, 2.45) is 11.3 Å². The summed E-state index contributed by atoms with van der Waals surface area (Å²) in [7, 11) is 0. The van der Waals surface area contributed by atoms with Crippen LogP contribution in [0.5, 0.6) is 0 Å². The minimum atomic E-state index is -0.699. The lowest BCUT2D eigenvalue weighted by molar-refractivity contribution is -0.150. The topological polar surface area (TPSA) is 40.5 Å². The van der Waals surface area contributed by atoms with Crippen LogP contribution in [0.2, 0.25) is 0 Å². The smallest absolute Gasteiger partial charge is 0.311 e. The Morgan fingerprint density at radius 1 is 1.33 bits per heavy atom. The van der Waals surface area contributed by atoms with E-state index in [2.05, 4.69) is 6.92 Å². The third kappa shape index (κ3) is 3.55. The molecular formula is C17H24FNO2. The fourth-order valence-electron chi connectivity index (χ4n) is 3.16. The van der Waals surface area contributed by atoms with Crippen LogP contribution in [0.3, 0.4) is 0 Å². The molecule has 1 aliphatic rings. The third-order valence-electron chi connectivity index (χ3n) is 4.75. The zero-order chi connectivity index (χ0) is 15.5. The van der Waals surface area contributed by atoms with Crippen molar-refractivity contribution in [1.82, 2.24) is 0 Å². The van der Waals surface area contributed by atoms with Crippen molar-refractivity contribution in [3.8, 4) is 0 Å². The predicted octanol–water partition coefficient (Wildman–Crippen LogP) is 3.93. The first-order chi connectivity index (χ1) is 9.97. The first-order valence-corrected chi connectivity index (χ1v) is 7.71. The SMILES string of the molecule is CCN(CC1(C(=O)O)CCC(C)CC1)c1ccc(F)cc1. The van der Waals surface area contributed by atoms with E-state index < -0.39 is 11.4 Å². The fraction of sp³-hybridized carbons (Fsp3) is 0.588. The molecule has 0 spiro atoms. The summed E-state index contributed by atoms with van der Waals surface area (Å²) in [6, 6.07) is 6.29. The van der Waals surface area contributed by atoms with Crippen LogP contribution in [0, 0.1) is 17.2 Å². The highest BCUT2D eigenvalue weighted by molar-refractivity contribution is 5.76. The minimum Gasteiger partial charge on any atom is -0.481 e. The molecule has 21 heavy (non-hydrogen) atoms. The molecule has 1 aliphatic carbocycles. The van der Waals surface area contributed by atoms with Gasteiger partial charge in [-0.3, -0.25) is 4.79 Å². The van der Waals surface area contributed by atoms with Crippen LogP contribution in [0.15, 0.2) is 24.3 Å². The number of nitrogens with zero attached hydrogens (tertiary/aromatic N) is 1. The molecule has 2 rings (SSSR count). The summed E-state index contributed by atoms with van der Waals surface area (Å²) in [5.74, 6) is -0.359. The van der Waals surface area contributed by atoms with Crippen molar-refractivity contribution in [1.29, 1.82) is 0 Å². The molecule has 0 aromatic heterocycles. The number of rotatable bonds is 5. The Balaban J connectivity index is 2.18. The minimum absolute atomic E-state index is 0.269. The second kappa shape index (κ2) is 6.46. The quantitative estimate of drug-likeness (QED) is 0.894. The van der Waals surface area contributed by atoms with Gasteiger partial charge in [0.05, 0.1) is 5.41 Å². The highest BCUT2D eigenvalue weighted by Gasteiger charge is 2.42. The summed E-state index contributed by atoms with van der Waals surface area (Å²) < 4.78 is 13.0. The first kappa shape index (κ1) is 15.8. The Kier molecular flexibility index (Phi) is 4.86. The Morgan fingerprint density at radius 2 is 1.90 bits per heavy atom. The van der Waals surface area contributed by atoms with Crippen molar-refractivity contribution in [3.63, 3.8) is 0 Å². The van der Waals surface area contributed by atoms with E-state index in [1.807, 2.05) is 11.8 Å². The lowest BCUT2D eigenvalue weighted by atomic mass is 9.70. The molecule has 0 atom stereocenters. The Labute approximate surface area is 125 Å². The molecular weight excluding hydrogens is 269 g/mol. The van der Waals surface area contributed by atoms with Crippen LogP contribution in [-0.2, 0) is 4.79 Å². The fourth-order valence-corrected chi connectivity index (χ4v) is 3.16. The number of anilines is 1. The summed E-state index contributed by atoms with van der Waals surface area (Å²) in [6.45, 7) is 5.40. The second-order valence-corrected chi connectivity index (χ2v) is 6.26. The summed E-state index contributed by atoms with van der Waals surface area (Å²) in [5, 5.41) is 9.72. The maximum absolute atomic E-state index is 13.0. The molecule has 1 N–H and O–H groups in total. The number of halogens is 1. The molecule has 0 unspecified atom stereocenters. The number of benzene rings is 1. The number of hydrogen-bond donors (Lipinski definition) is 1. The molecule has 3 nitrogen and oxygen atoms in total. The van der Waals surface area contributed by atoms with E-state index in [1.54, 1.807) is 12.1 Å². The molecule has 1 fully saturated rings. The third-order valence-corrected chi connectivity index (χ3v) is 4.75. The van der Waals surface area contributed by atoms with E-state index in [-0.39, 0.29) is 5.82 Å². The maximum Gasteiger partial charge on any atom is 0.311 e. The van der Waals surface area contributed by atoms with Gasteiger partial charge in [0.2, 0.25) is 0 Å². The van der Waals surface area contributed by atoms with E-state index in [0.29, 0.717) is 12.5 Å². The predicted molar refractivity (Wildman–Crippen MR) is 82.0 cm³/mol. The molecule has 0 saturated heterocycles. The summed E-state index contributed by atoms with van der Waals surface area (Å²) in [4.78, 5) is 13.9. The maximum atomic E-state index is 13.0. The average Bonchev–Trinajstić information content (AvgIpc) is 2.48. The molecule has 4 heteroatoms. The van der Waals surface area contributed by atoms with Crippen LogP contribution in [-0.4, -0.2) is 24.2 Å². The van der Waals surface area contributed by atoms with Gasteiger partial charge in [-0.25, -0.2) is 4.39 Å². The zero-order valence-corrected chi connectivity index (χ0v) is 12.8. The van der Waals surface area contributed by atoms with Crippen LogP contribution < -0.4 is 4.90 Å². The molecule has 0 aliphatic heterocycles. The Hall–Kier alpha value is -1.58. The van der Waals surface area contributed by atoms with Gasteiger partial charge in [-0.05, 0) is 62.8 Å². The van der Waals surface area contributed by atoms with E-state index in [0.717, 1.165) is 37.9 Å². The molecule has 0 heterocycles. The molecule has 1 aromatic rings. The number of hydrogen-bond acceptors (Lipinski definition) is 2. The van der Waals surface area contributed by atoms with Crippen molar-refractivity contribution in [2.45, 2.75) is 39.5 Å². The average molecular weight is 293 g/mol. The van der Waals surface area contributed by atoms with Crippen LogP contribution in [0.4, 0.5) is 10.1 Å². The molecule has 0 radical (unpaired) electrons. The second-order valence-electron chi connectivity index (χ2n) is 6.26. The van der Waals surface area contributed by atoms with Crippen molar-refractivity contribution >= 4 is 11.7 Å². The monoisotopic (exact) mass is 293 g/mol. The van der Waals surface area contributed by atoms with Gasteiger partial charge in [-0.1, -0.05) is 6.92 Å². The van der Waals surface area contributed by atoms with Gasteiger partial charge in [0.15, 0.2) is 0 Å². The van der Waals surface area contributed by atoms with Gasteiger partial charge in [-0.2, -0.15) is 0 Å². The van der Waals surface area contributed by atoms with Gasteiger partial charge in [0, 0.05) is 18.8 Å². The Bertz CT molecular complexity index is 478. The number of carboxylic acid groups (broad SMARTS) is 1. The van der Waals surface area contributed by atoms with Crippen LogP contribution >= 0.6 is 0 Å². The lowest BCUT2D eigenvalue weighted by Crippen LogP contribution is -2.45. The molecule has 0 bridgehead atoms. The van der Waals surface area contributed by atoms with Gasteiger partial charge in [0.1, 0.15) is 5.82 Å². The highest BCUT2D eigenvalue weighted by Crippen LogP contribution is 2.40. The van der Waals surface area contributed by atoms with E-state index in [9.17, 15) is 14.3 Å². The normalized spacial score (nSPS) is 25.6. The van der Waals surface area contributed by atoms with Crippen molar-refractivity contribution < 1.29 is 14.3 Å². The van der Waals surface area contributed by atoms with Crippen LogP contribution in [0.25, 0.3) is 0 Å². The van der Waals surface area contributed by atoms with Crippen LogP contribution in [0.1, 0.15) is 39.5 Å². The van der Waals surface area contributed by atoms with Gasteiger partial charge < -0.3 is 10.0 Å². The summed E-state index contributed by atoms with van der Waals surface area (Å²) >= 11 is 0. The molecule has 1 saturated carbocycles. The Morgan fingerprint density at radius 3 is 2.38 bits per heavy atom. The van der Waals surface area contributed by atoms with E-state index in [1.165, 1.54) is 12.1 Å². The number of carboxylic acids is 1. The van der Waals surface area contributed by atoms with Gasteiger partial charge in [0.25, 0.3) is 0 Å². The van der Waals surface area contributed by atoms with Crippen molar-refractivity contribution in [3.05, 3.63) is 30.1 Å². The number of aliphatic carboxylic acids is 1. The highest BCUT2D eigenvalue weighted by atomic mass is 19.1. The molecule has 1 aromatic carbocycles. The lowest BCUT2D eigenvalue weighted by Gasteiger charge is -2.40. The zero-order valence-electron chi connectivity index (χ0n) is 12.8. The van der Waals surface area contributed by atoms with Gasteiger partial charge in [-0.15, -0.1) is 0 Å². The number of carbonyl (C=O) groups is 1. The van der Waals surface area contributed by atoms with E-state index >= 15 is 0 Å². The van der Waals surface area contributed by atoms with Gasteiger partial charge >= 0.3 is 5.97 Å². The summed E-state index contributed by atoms with van der Waals surface area (Å²) in [6.07, 6.45) is 3.38. The summed E-state index contributed by atoms with van der Waals surface area (Å²) in [5.41, 5.74) is 0.217. The standard InChI is InChI=1S/C17H24FNO2/c1-3-19(15-6-4-14(18)5-7-15)12-17(16(20)21)10-8-13(2)9-11-17/h4-7,13H,3,8-12H2,1-2H3,(H,20,21). The largest absolute Gasteiger partial charge is 0.481 e. The van der Waals surface area contributed by atoms with Crippen molar-refractivity contribution in [2.75, 3.05) is 18.0 Å². The molecule has 0 amide bonds.